The standard InChI is InChI=1S/C24H23IN4O2/c1-3-19-6-4-17(11-26-19)21-7-5-16-8-15(9-22(30-2)23(16)31-21)13-29-14-28-20-10-18(25)12-27-24(20)29/h4,6,8-12,14,21H,3,5,7,13H2,1-2H3. The van der Waals surface area contributed by atoms with Crippen LogP contribution >= 0.6 is 22.6 Å². The zero-order valence-corrected chi connectivity index (χ0v) is 19.7. The number of benzene rings is 1. The van der Waals surface area contributed by atoms with Crippen molar-refractivity contribution in [2.24, 2.45) is 0 Å². The van der Waals surface area contributed by atoms with E-state index < -0.39 is 0 Å². The maximum absolute atomic E-state index is 6.39. The predicted molar refractivity (Wildman–Crippen MR) is 128 cm³/mol. The zero-order valence-electron chi connectivity index (χ0n) is 17.5. The van der Waals surface area contributed by atoms with Gasteiger partial charge in [0.05, 0.1) is 20.0 Å². The van der Waals surface area contributed by atoms with Crippen LogP contribution in [0.1, 0.15) is 41.8 Å². The van der Waals surface area contributed by atoms with Gasteiger partial charge in [-0.15, -0.1) is 0 Å². The Kier molecular flexibility index (Phi) is 5.52. The number of imidazole rings is 1. The van der Waals surface area contributed by atoms with Crippen molar-refractivity contribution in [1.29, 1.82) is 0 Å². The van der Waals surface area contributed by atoms with Gasteiger partial charge in [-0.3, -0.25) is 4.98 Å². The quantitative estimate of drug-likeness (QED) is 0.338. The van der Waals surface area contributed by atoms with Crippen molar-refractivity contribution in [3.05, 3.63) is 75.0 Å². The lowest BCUT2D eigenvalue weighted by Crippen LogP contribution is -2.17. The Bertz CT molecular complexity index is 1220. The van der Waals surface area contributed by atoms with Crippen molar-refractivity contribution in [2.45, 2.75) is 38.8 Å². The van der Waals surface area contributed by atoms with Crippen LogP contribution in [0.15, 0.2) is 49.1 Å². The molecular weight excluding hydrogens is 503 g/mol. The van der Waals surface area contributed by atoms with E-state index in [0.29, 0.717) is 6.54 Å². The summed E-state index contributed by atoms with van der Waals surface area (Å²) < 4.78 is 15.3. The van der Waals surface area contributed by atoms with Crippen molar-refractivity contribution >= 4 is 33.8 Å². The molecule has 0 fully saturated rings. The molecule has 1 aromatic carbocycles. The van der Waals surface area contributed by atoms with E-state index in [4.69, 9.17) is 9.47 Å². The monoisotopic (exact) mass is 526 g/mol. The second-order valence-electron chi connectivity index (χ2n) is 7.74. The molecule has 5 rings (SSSR count). The van der Waals surface area contributed by atoms with E-state index in [1.165, 1.54) is 5.56 Å². The number of hydrogen-bond acceptors (Lipinski definition) is 5. The second-order valence-corrected chi connectivity index (χ2v) is 8.98. The Hall–Kier alpha value is -2.68. The van der Waals surface area contributed by atoms with Crippen LogP contribution in [-0.2, 0) is 19.4 Å². The summed E-state index contributed by atoms with van der Waals surface area (Å²) in [6.45, 7) is 2.79. The minimum Gasteiger partial charge on any atom is -0.493 e. The number of halogens is 1. The van der Waals surface area contributed by atoms with Gasteiger partial charge in [-0.25, -0.2) is 9.97 Å². The van der Waals surface area contributed by atoms with Crippen LogP contribution in [0.5, 0.6) is 11.5 Å². The molecule has 0 radical (unpaired) electrons. The minimum atomic E-state index is -0.00470. The third kappa shape index (κ3) is 3.98. The maximum atomic E-state index is 6.39. The summed E-state index contributed by atoms with van der Waals surface area (Å²) in [5.74, 6) is 1.60. The summed E-state index contributed by atoms with van der Waals surface area (Å²) in [6, 6.07) is 10.5. The van der Waals surface area contributed by atoms with E-state index >= 15 is 0 Å². The fourth-order valence-electron chi connectivity index (χ4n) is 4.08. The maximum Gasteiger partial charge on any atom is 0.165 e. The van der Waals surface area contributed by atoms with Gasteiger partial charge < -0.3 is 14.0 Å². The van der Waals surface area contributed by atoms with Crippen molar-refractivity contribution in [2.75, 3.05) is 7.11 Å². The van der Waals surface area contributed by atoms with Crippen LogP contribution in [0, 0.1) is 3.57 Å². The Balaban J connectivity index is 1.42. The lowest BCUT2D eigenvalue weighted by molar-refractivity contribution is 0.168. The van der Waals surface area contributed by atoms with Crippen LogP contribution in [0.2, 0.25) is 0 Å². The van der Waals surface area contributed by atoms with Gasteiger partial charge in [-0.05, 0) is 71.2 Å². The van der Waals surface area contributed by atoms with Crippen LogP contribution in [0.25, 0.3) is 11.2 Å². The number of methoxy groups -OCH3 is 1. The van der Waals surface area contributed by atoms with Crippen molar-refractivity contribution < 1.29 is 9.47 Å². The summed E-state index contributed by atoms with van der Waals surface area (Å²) in [6.07, 6.45) is 8.43. The number of aryl methyl sites for hydroxylation is 2. The molecule has 0 saturated carbocycles. The first-order valence-electron chi connectivity index (χ1n) is 10.4. The van der Waals surface area contributed by atoms with Gasteiger partial charge in [0.2, 0.25) is 0 Å². The van der Waals surface area contributed by atoms with Crippen molar-refractivity contribution in [3.8, 4) is 11.5 Å². The number of fused-ring (bicyclic) bond motifs is 2. The first kappa shape index (κ1) is 20.2. The van der Waals surface area contributed by atoms with E-state index in [1.807, 2.05) is 24.8 Å². The molecule has 1 aliphatic heterocycles. The number of aromatic nitrogens is 4. The molecule has 6 nitrogen and oxygen atoms in total. The number of hydrogen-bond donors (Lipinski definition) is 0. The summed E-state index contributed by atoms with van der Waals surface area (Å²) in [5.41, 5.74) is 6.32. The smallest absolute Gasteiger partial charge is 0.165 e. The van der Waals surface area contributed by atoms with E-state index in [9.17, 15) is 0 Å². The third-order valence-corrected chi connectivity index (χ3v) is 6.29. The van der Waals surface area contributed by atoms with Crippen molar-refractivity contribution in [3.63, 3.8) is 0 Å². The summed E-state index contributed by atoms with van der Waals surface area (Å²) in [5, 5.41) is 0. The zero-order chi connectivity index (χ0) is 21.4. The fourth-order valence-corrected chi connectivity index (χ4v) is 4.51. The van der Waals surface area contributed by atoms with Gasteiger partial charge in [0.15, 0.2) is 17.1 Å². The molecule has 0 N–H and O–H groups in total. The van der Waals surface area contributed by atoms with E-state index in [-0.39, 0.29) is 6.10 Å². The van der Waals surface area contributed by atoms with Gasteiger partial charge in [-0.1, -0.05) is 19.1 Å². The van der Waals surface area contributed by atoms with Gasteiger partial charge in [0, 0.05) is 27.2 Å². The average Bonchev–Trinajstić information content (AvgIpc) is 3.19. The van der Waals surface area contributed by atoms with E-state index in [1.54, 1.807) is 7.11 Å². The molecular formula is C24H23IN4O2. The molecule has 1 atom stereocenters. The second kappa shape index (κ2) is 8.45. The Morgan fingerprint density at radius 1 is 1.16 bits per heavy atom. The highest BCUT2D eigenvalue weighted by Gasteiger charge is 2.25. The molecule has 0 spiro atoms. The van der Waals surface area contributed by atoms with Crippen molar-refractivity contribution in [1.82, 2.24) is 19.5 Å². The molecule has 4 heterocycles. The highest BCUT2D eigenvalue weighted by atomic mass is 127. The molecule has 0 aliphatic carbocycles. The highest BCUT2D eigenvalue weighted by molar-refractivity contribution is 14.1. The van der Waals surface area contributed by atoms with Crippen LogP contribution in [0.3, 0.4) is 0 Å². The lowest BCUT2D eigenvalue weighted by atomic mass is 9.96. The molecule has 158 valence electrons. The molecule has 1 aliphatic rings. The number of rotatable bonds is 5. The summed E-state index contributed by atoms with van der Waals surface area (Å²) >= 11 is 2.26. The number of nitrogens with zero attached hydrogens (tertiary/aromatic N) is 4. The highest BCUT2D eigenvalue weighted by Crippen LogP contribution is 2.42. The van der Waals surface area contributed by atoms with Crippen LogP contribution < -0.4 is 9.47 Å². The molecule has 0 saturated heterocycles. The van der Waals surface area contributed by atoms with Gasteiger partial charge >= 0.3 is 0 Å². The van der Waals surface area contributed by atoms with E-state index in [0.717, 1.165) is 62.3 Å². The molecule has 7 heteroatoms. The molecule has 0 amide bonds. The lowest BCUT2D eigenvalue weighted by Gasteiger charge is -2.28. The number of ether oxygens (including phenoxy) is 2. The largest absolute Gasteiger partial charge is 0.493 e. The molecule has 3 aromatic heterocycles. The first-order chi connectivity index (χ1) is 15.1. The molecule has 4 aromatic rings. The van der Waals surface area contributed by atoms with Gasteiger partial charge in [0.25, 0.3) is 0 Å². The predicted octanol–water partition coefficient (Wildman–Crippen LogP) is 5.12. The Labute approximate surface area is 194 Å². The molecule has 0 bridgehead atoms. The van der Waals surface area contributed by atoms with E-state index in [2.05, 4.69) is 73.3 Å². The topological polar surface area (TPSA) is 62.1 Å². The van der Waals surface area contributed by atoms with Crippen LogP contribution in [0.4, 0.5) is 0 Å². The Morgan fingerprint density at radius 3 is 2.84 bits per heavy atom. The summed E-state index contributed by atoms with van der Waals surface area (Å²) in [7, 11) is 1.69. The van der Waals surface area contributed by atoms with Crippen LogP contribution in [-0.4, -0.2) is 26.6 Å². The normalized spacial score (nSPS) is 15.5. The van der Waals surface area contributed by atoms with Gasteiger partial charge in [-0.2, -0.15) is 0 Å². The first-order valence-corrected chi connectivity index (χ1v) is 11.5. The number of pyridine rings is 2. The molecule has 31 heavy (non-hydrogen) atoms. The van der Waals surface area contributed by atoms with Gasteiger partial charge in [0.1, 0.15) is 11.6 Å². The summed E-state index contributed by atoms with van der Waals surface area (Å²) in [4.78, 5) is 13.6. The fraction of sp³-hybridized carbons (Fsp3) is 0.292. The third-order valence-electron chi connectivity index (χ3n) is 5.70. The average molecular weight is 526 g/mol. The molecule has 1 unspecified atom stereocenters. The minimum absolute atomic E-state index is 0.00470. The Morgan fingerprint density at radius 2 is 2.06 bits per heavy atom. The SMILES string of the molecule is CCc1ccc(C2CCc3cc(Cn4cnc5cc(I)cnc54)cc(OC)c3O2)cn1.